The molecule has 1 amide bonds. The number of fused-ring (bicyclic) bond motifs is 1. The van der Waals surface area contributed by atoms with E-state index in [9.17, 15) is 9.59 Å². The summed E-state index contributed by atoms with van der Waals surface area (Å²) in [6, 6.07) is 6.87. The van der Waals surface area contributed by atoms with Gasteiger partial charge in [0.2, 0.25) is 0 Å². The van der Waals surface area contributed by atoms with Crippen LogP contribution in [0.1, 0.15) is 37.9 Å². The van der Waals surface area contributed by atoms with E-state index < -0.39 is 23.7 Å². The second-order valence-electron chi connectivity index (χ2n) is 6.05. The molecule has 2 rings (SSSR count). The zero-order valence-corrected chi connectivity index (χ0v) is 12.9. The van der Waals surface area contributed by atoms with E-state index in [0.29, 0.717) is 13.0 Å². The maximum absolute atomic E-state index is 12.4. The topological polar surface area (TPSA) is 55.8 Å². The van der Waals surface area contributed by atoms with Crippen LogP contribution in [-0.2, 0) is 20.7 Å². The van der Waals surface area contributed by atoms with Crippen LogP contribution in [0.3, 0.4) is 0 Å². The van der Waals surface area contributed by atoms with Gasteiger partial charge >= 0.3 is 12.1 Å². The first kappa shape index (κ1) is 15.4. The molecule has 0 aliphatic carbocycles. The first-order valence-electron chi connectivity index (χ1n) is 6.99. The Bertz CT molecular complexity index is 547. The van der Waals surface area contributed by atoms with Crippen LogP contribution in [-0.4, -0.2) is 36.2 Å². The fourth-order valence-electron chi connectivity index (χ4n) is 2.45. The molecule has 21 heavy (non-hydrogen) atoms. The SMILES string of the molecule is COC(=O)[C@H]1c2ccccc2CCN1C(=O)OC(C)(C)C. The zero-order valence-electron chi connectivity index (χ0n) is 12.9. The van der Waals surface area contributed by atoms with Gasteiger partial charge in [0.1, 0.15) is 5.60 Å². The van der Waals surface area contributed by atoms with Crippen molar-refractivity contribution in [1.82, 2.24) is 4.90 Å². The third-order valence-corrected chi connectivity index (χ3v) is 3.34. The average molecular weight is 291 g/mol. The standard InChI is InChI=1S/C16H21NO4/c1-16(2,3)21-15(19)17-10-9-11-7-5-6-8-12(11)13(17)14(18)20-4/h5-8,13H,9-10H2,1-4H3/t13-/m1/s1. The summed E-state index contributed by atoms with van der Waals surface area (Å²) >= 11 is 0. The van der Waals surface area contributed by atoms with E-state index in [1.54, 1.807) is 20.8 Å². The lowest BCUT2D eigenvalue weighted by Crippen LogP contribution is -2.46. The molecule has 0 fully saturated rings. The van der Waals surface area contributed by atoms with E-state index in [4.69, 9.17) is 9.47 Å². The van der Waals surface area contributed by atoms with E-state index in [1.807, 2.05) is 24.3 Å². The van der Waals surface area contributed by atoms with Crippen LogP contribution >= 0.6 is 0 Å². The van der Waals surface area contributed by atoms with Crippen molar-refractivity contribution in [1.29, 1.82) is 0 Å². The average Bonchev–Trinajstić information content (AvgIpc) is 2.43. The van der Waals surface area contributed by atoms with Gasteiger partial charge in [-0.3, -0.25) is 4.90 Å². The number of carbonyl (C=O) groups is 2. The number of esters is 1. The van der Waals surface area contributed by atoms with Gasteiger partial charge in [0, 0.05) is 6.54 Å². The molecule has 1 aliphatic rings. The second-order valence-corrected chi connectivity index (χ2v) is 6.05. The van der Waals surface area contributed by atoms with Gasteiger partial charge in [0.05, 0.1) is 7.11 Å². The lowest BCUT2D eigenvalue weighted by molar-refractivity contribution is -0.147. The number of ether oxygens (including phenoxy) is 2. The van der Waals surface area contributed by atoms with E-state index >= 15 is 0 Å². The molecule has 0 unspecified atom stereocenters. The molecule has 5 heteroatoms. The van der Waals surface area contributed by atoms with Crippen LogP contribution in [0.15, 0.2) is 24.3 Å². The normalized spacial score (nSPS) is 17.9. The van der Waals surface area contributed by atoms with Gasteiger partial charge in [-0.25, -0.2) is 9.59 Å². The van der Waals surface area contributed by atoms with Crippen LogP contribution in [0.5, 0.6) is 0 Å². The van der Waals surface area contributed by atoms with E-state index in [2.05, 4.69) is 0 Å². The number of carbonyl (C=O) groups excluding carboxylic acids is 2. The maximum Gasteiger partial charge on any atom is 0.411 e. The van der Waals surface area contributed by atoms with Crippen LogP contribution in [0.4, 0.5) is 4.79 Å². The number of nitrogens with zero attached hydrogens (tertiary/aromatic N) is 1. The second kappa shape index (κ2) is 5.76. The Morgan fingerprint density at radius 3 is 2.52 bits per heavy atom. The summed E-state index contributed by atoms with van der Waals surface area (Å²) in [5.41, 5.74) is 1.27. The van der Waals surface area contributed by atoms with Crippen LogP contribution in [0, 0.1) is 0 Å². The summed E-state index contributed by atoms with van der Waals surface area (Å²) in [4.78, 5) is 25.9. The molecular formula is C16H21NO4. The number of hydrogen-bond acceptors (Lipinski definition) is 4. The fraction of sp³-hybridized carbons (Fsp3) is 0.500. The summed E-state index contributed by atoms with van der Waals surface area (Å²) in [5, 5.41) is 0. The molecule has 1 aromatic rings. The molecule has 0 aromatic heterocycles. The maximum atomic E-state index is 12.4. The highest BCUT2D eigenvalue weighted by Crippen LogP contribution is 2.31. The first-order chi connectivity index (χ1) is 9.83. The number of benzene rings is 1. The van der Waals surface area contributed by atoms with Crippen LogP contribution in [0.2, 0.25) is 0 Å². The van der Waals surface area contributed by atoms with Crippen molar-refractivity contribution in [3.8, 4) is 0 Å². The minimum absolute atomic E-state index is 0.436. The van der Waals surface area contributed by atoms with Gasteiger partial charge in [-0.1, -0.05) is 24.3 Å². The largest absolute Gasteiger partial charge is 0.467 e. The van der Waals surface area contributed by atoms with Gasteiger partial charge in [0.25, 0.3) is 0 Å². The molecule has 1 aliphatic heterocycles. The van der Waals surface area contributed by atoms with Gasteiger partial charge < -0.3 is 9.47 Å². The summed E-state index contributed by atoms with van der Waals surface area (Å²) in [7, 11) is 1.33. The van der Waals surface area contributed by atoms with Crippen molar-refractivity contribution in [2.45, 2.75) is 38.8 Å². The Kier molecular flexibility index (Phi) is 4.21. The third-order valence-electron chi connectivity index (χ3n) is 3.34. The molecule has 5 nitrogen and oxygen atoms in total. The Hall–Kier alpha value is -2.04. The van der Waals surface area contributed by atoms with E-state index in [1.165, 1.54) is 12.0 Å². The van der Waals surface area contributed by atoms with Gasteiger partial charge in [-0.2, -0.15) is 0 Å². The zero-order chi connectivity index (χ0) is 15.6. The van der Waals surface area contributed by atoms with Crippen LogP contribution in [0.25, 0.3) is 0 Å². The van der Waals surface area contributed by atoms with Crippen molar-refractivity contribution >= 4 is 12.1 Å². The Labute approximate surface area is 124 Å². The quantitative estimate of drug-likeness (QED) is 0.746. The smallest absolute Gasteiger partial charge is 0.411 e. The third kappa shape index (κ3) is 3.35. The van der Waals surface area contributed by atoms with E-state index in [-0.39, 0.29) is 0 Å². The molecule has 0 radical (unpaired) electrons. The highest BCUT2D eigenvalue weighted by molar-refractivity contribution is 5.84. The number of hydrogen-bond donors (Lipinski definition) is 0. The minimum atomic E-state index is -0.741. The molecule has 0 saturated heterocycles. The summed E-state index contributed by atoms with van der Waals surface area (Å²) in [5.74, 6) is -0.451. The summed E-state index contributed by atoms with van der Waals surface area (Å²) < 4.78 is 10.3. The van der Waals surface area contributed by atoms with Crippen LogP contribution < -0.4 is 0 Å². The number of methoxy groups -OCH3 is 1. The molecule has 0 saturated carbocycles. The van der Waals surface area contributed by atoms with Gasteiger partial charge in [0.15, 0.2) is 6.04 Å². The van der Waals surface area contributed by atoms with Crippen molar-refractivity contribution in [2.24, 2.45) is 0 Å². The van der Waals surface area contributed by atoms with Crippen molar-refractivity contribution in [3.05, 3.63) is 35.4 Å². The van der Waals surface area contributed by atoms with E-state index in [0.717, 1.165) is 11.1 Å². The molecule has 0 spiro atoms. The Morgan fingerprint density at radius 1 is 1.24 bits per heavy atom. The predicted molar refractivity (Wildman–Crippen MR) is 77.8 cm³/mol. The van der Waals surface area contributed by atoms with Gasteiger partial charge in [-0.15, -0.1) is 0 Å². The molecule has 1 atom stereocenters. The summed E-state index contributed by atoms with van der Waals surface area (Å²) in [6.07, 6.45) is 0.204. The first-order valence-corrected chi connectivity index (χ1v) is 6.99. The lowest BCUT2D eigenvalue weighted by Gasteiger charge is -2.36. The molecule has 0 N–H and O–H groups in total. The highest BCUT2D eigenvalue weighted by Gasteiger charge is 2.38. The Morgan fingerprint density at radius 2 is 1.90 bits per heavy atom. The van der Waals surface area contributed by atoms with Crippen molar-refractivity contribution < 1.29 is 19.1 Å². The minimum Gasteiger partial charge on any atom is -0.467 e. The lowest BCUT2D eigenvalue weighted by atomic mass is 9.93. The van der Waals surface area contributed by atoms with Crippen molar-refractivity contribution in [2.75, 3.05) is 13.7 Å². The summed E-state index contributed by atoms with van der Waals surface area (Å²) in [6.45, 7) is 5.84. The fourth-order valence-corrected chi connectivity index (χ4v) is 2.45. The molecule has 114 valence electrons. The highest BCUT2D eigenvalue weighted by atomic mass is 16.6. The number of rotatable bonds is 1. The monoisotopic (exact) mass is 291 g/mol. The Balaban J connectivity index is 2.34. The number of amides is 1. The van der Waals surface area contributed by atoms with Crippen molar-refractivity contribution in [3.63, 3.8) is 0 Å². The van der Waals surface area contributed by atoms with Gasteiger partial charge in [-0.05, 0) is 38.3 Å². The molecule has 0 bridgehead atoms. The molecule has 1 aromatic carbocycles. The molecular weight excluding hydrogens is 270 g/mol. The molecule has 1 heterocycles. The predicted octanol–water partition coefficient (Wildman–Crippen LogP) is 2.69.